The third-order valence-corrected chi connectivity index (χ3v) is 4.06. The average Bonchev–Trinajstić information content (AvgIpc) is 3.15. The minimum Gasteiger partial charge on any atom is -0.379 e. The number of aryl methyl sites for hydroxylation is 1. The number of benzene rings is 1. The number of nitrogens with one attached hydrogen (secondary N) is 1. The molecule has 23 heavy (non-hydrogen) atoms. The summed E-state index contributed by atoms with van der Waals surface area (Å²) >= 11 is 6.18. The van der Waals surface area contributed by atoms with Crippen LogP contribution in [0.1, 0.15) is 25.8 Å². The Morgan fingerprint density at radius 3 is 2.91 bits per heavy atom. The molecular weight excluding hydrogens is 316 g/mol. The van der Waals surface area contributed by atoms with E-state index in [4.69, 9.17) is 16.4 Å². The lowest BCUT2D eigenvalue weighted by molar-refractivity contribution is -0.135. The lowest BCUT2D eigenvalue weighted by Gasteiger charge is -2.19. The number of amides is 1. The third-order valence-electron chi connectivity index (χ3n) is 3.73. The minimum absolute atomic E-state index is 0.287. The van der Waals surface area contributed by atoms with E-state index >= 15 is 0 Å². The van der Waals surface area contributed by atoms with Gasteiger partial charge in [0.25, 0.3) is 5.91 Å². The van der Waals surface area contributed by atoms with Crippen LogP contribution in [0.15, 0.2) is 41.7 Å². The predicted molar refractivity (Wildman–Crippen MR) is 88.6 cm³/mol. The van der Waals surface area contributed by atoms with Gasteiger partial charge in [0.2, 0.25) is 5.60 Å². The van der Waals surface area contributed by atoms with Crippen LogP contribution in [0.2, 0.25) is 5.02 Å². The van der Waals surface area contributed by atoms with Crippen molar-refractivity contribution in [2.24, 2.45) is 5.16 Å². The lowest BCUT2D eigenvalue weighted by atomic mass is 9.95. The molecule has 1 aliphatic heterocycles. The molecule has 0 fully saturated rings. The number of rotatable bonds is 4. The van der Waals surface area contributed by atoms with Crippen molar-refractivity contribution < 1.29 is 9.63 Å². The molecule has 0 saturated carbocycles. The van der Waals surface area contributed by atoms with Crippen molar-refractivity contribution in [3.05, 3.63) is 47.1 Å². The van der Waals surface area contributed by atoms with E-state index in [1.807, 2.05) is 25.1 Å². The normalized spacial score (nSPS) is 20.0. The van der Waals surface area contributed by atoms with Crippen LogP contribution >= 0.6 is 11.6 Å². The number of oxime groups is 1. The Labute approximate surface area is 139 Å². The van der Waals surface area contributed by atoms with Gasteiger partial charge < -0.3 is 10.2 Å². The van der Waals surface area contributed by atoms with Gasteiger partial charge in [-0.3, -0.25) is 9.48 Å². The maximum Gasteiger partial charge on any atom is 0.272 e. The molecule has 120 valence electrons. The molecule has 2 aromatic rings. The van der Waals surface area contributed by atoms with E-state index in [2.05, 4.69) is 15.6 Å². The van der Waals surface area contributed by atoms with E-state index in [9.17, 15) is 4.79 Å². The molecule has 7 heteroatoms. The van der Waals surface area contributed by atoms with E-state index in [-0.39, 0.29) is 5.91 Å². The van der Waals surface area contributed by atoms with Gasteiger partial charge in [0.1, 0.15) is 0 Å². The SMILES string of the molecule is CCn1ccc(NC(=O)C2(C)CC(c3ccccc3Cl)=NO2)n1. The van der Waals surface area contributed by atoms with Gasteiger partial charge >= 0.3 is 0 Å². The number of anilines is 1. The van der Waals surface area contributed by atoms with E-state index in [1.54, 1.807) is 29.9 Å². The molecule has 2 heterocycles. The topological polar surface area (TPSA) is 68.5 Å². The molecule has 0 aliphatic carbocycles. The molecule has 6 nitrogen and oxygen atoms in total. The summed E-state index contributed by atoms with van der Waals surface area (Å²) in [4.78, 5) is 17.9. The smallest absolute Gasteiger partial charge is 0.272 e. The first kappa shape index (κ1) is 15.6. The largest absolute Gasteiger partial charge is 0.379 e. The Kier molecular flexibility index (Phi) is 4.09. The van der Waals surface area contributed by atoms with Crippen LogP contribution in [0.25, 0.3) is 0 Å². The Morgan fingerprint density at radius 1 is 1.43 bits per heavy atom. The van der Waals surface area contributed by atoms with Crippen LogP contribution < -0.4 is 5.32 Å². The Bertz CT molecular complexity index is 771. The van der Waals surface area contributed by atoms with E-state index in [0.717, 1.165) is 12.1 Å². The first-order chi connectivity index (χ1) is 11.0. The number of aromatic nitrogens is 2. The van der Waals surface area contributed by atoms with Gasteiger partial charge in [-0.2, -0.15) is 5.10 Å². The minimum atomic E-state index is -1.08. The van der Waals surface area contributed by atoms with Crippen molar-refractivity contribution in [2.75, 3.05) is 5.32 Å². The van der Waals surface area contributed by atoms with Gasteiger partial charge in [0.05, 0.1) is 5.71 Å². The molecule has 1 atom stereocenters. The van der Waals surface area contributed by atoms with Crippen LogP contribution in [-0.4, -0.2) is 27.0 Å². The molecule has 0 radical (unpaired) electrons. The second-order valence-electron chi connectivity index (χ2n) is 5.53. The van der Waals surface area contributed by atoms with E-state index in [1.165, 1.54) is 0 Å². The van der Waals surface area contributed by atoms with Crippen LogP contribution in [0.4, 0.5) is 5.82 Å². The highest BCUT2D eigenvalue weighted by Gasteiger charge is 2.42. The van der Waals surface area contributed by atoms with Crippen LogP contribution in [-0.2, 0) is 16.2 Å². The summed E-state index contributed by atoms with van der Waals surface area (Å²) in [5.74, 6) is 0.206. The van der Waals surface area contributed by atoms with Gasteiger partial charge in [-0.05, 0) is 19.9 Å². The van der Waals surface area contributed by atoms with Crippen molar-refractivity contribution in [1.29, 1.82) is 0 Å². The molecule has 3 rings (SSSR count). The number of carbonyl (C=O) groups excluding carboxylic acids is 1. The van der Waals surface area contributed by atoms with Crippen molar-refractivity contribution in [3.8, 4) is 0 Å². The van der Waals surface area contributed by atoms with Crippen LogP contribution in [0.5, 0.6) is 0 Å². The molecule has 0 spiro atoms. The number of hydrogen-bond donors (Lipinski definition) is 1. The molecule has 1 aromatic carbocycles. The van der Waals surface area contributed by atoms with Crippen molar-refractivity contribution in [1.82, 2.24) is 9.78 Å². The zero-order valence-corrected chi connectivity index (χ0v) is 13.7. The summed E-state index contributed by atoms with van der Waals surface area (Å²) in [5.41, 5.74) is 0.359. The summed E-state index contributed by atoms with van der Waals surface area (Å²) in [6.07, 6.45) is 2.15. The summed E-state index contributed by atoms with van der Waals surface area (Å²) < 4.78 is 1.74. The highest BCUT2D eigenvalue weighted by atomic mass is 35.5. The molecule has 1 unspecified atom stereocenters. The maximum absolute atomic E-state index is 12.5. The average molecular weight is 333 g/mol. The van der Waals surface area contributed by atoms with Crippen molar-refractivity contribution in [2.45, 2.75) is 32.4 Å². The molecule has 0 saturated heterocycles. The zero-order chi connectivity index (χ0) is 16.4. The lowest BCUT2D eigenvalue weighted by Crippen LogP contribution is -2.40. The fourth-order valence-corrected chi connectivity index (χ4v) is 2.60. The van der Waals surface area contributed by atoms with Gasteiger partial charge in [-0.15, -0.1) is 0 Å². The Hall–Kier alpha value is -2.34. The molecule has 1 N–H and O–H groups in total. The fourth-order valence-electron chi connectivity index (χ4n) is 2.35. The number of carbonyl (C=O) groups is 1. The number of halogens is 1. The third kappa shape index (κ3) is 3.07. The van der Waals surface area contributed by atoms with Crippen molar-refractivity contribution in [3.63, 3.8) is 0 Å². The highest BCUT2D eigenvalue weighted by Crippen LogP contribution is 2.30. The standard InChI is InChI=1S/C16H17ClN4O2/c1-3-21-9-8-14(19-21)18-15(22)16(2)10-13(20-23-16)11-6-4-5-7-12(11)17/h4-9H,3,10H2,1-2H3,(H,18,19,22). The van der Waals surface area contributed by atoms with E-state index in [0.29, 0.717) is 23.0 Å². The molecule has 1 aromatic heterocycles. The van der Waals surface area contributed by atoms with Crippen LogP contribution in [0.3, 0.4) is 0 Å². The van der Waals surface area contributed by atoms with Gasteiger partial charge in [-0.1, -0.05) is 35.0 Å². The van der Waals surface area contributed by atoms with Crippen molar-refractivity contribution >= 4 is 29.0 Å². The summed E-state index contributed by atoms with van der Waals surface area (Å²) in [7, 11) is 0. The molecule has 0 bridgehead atoms. The quantitative estimate of drug-likeness (QED) is 0.935. The molecule has 1 amide bonds. The Morgan fingerprint density at radius 2 is 2.22 bits per heavy atom. The first-order valence-electron chi connectivity index (χ1n) is 7.37. The predicted octanol–water partition coefficient (Wildman–Crippen LogP) is 3.08. The first-order valence-corrected chi connectivity index (χ1v) is 7.74. The summed E-state index contributed by atoms with van der Waals surface area (Å²) in [6.45, 7) is 4.42. The summed E-state index contributed by atoms with van der Waals surface area (Å²) in [6, 6.07) is 9.11. The summed E-state index contributed by atoms with van der Waals surface area (Å²) in [5, 5.41) is 11.6. The molecule has 1 aliphatic rings. The number of hydrogen-bond acceptors (Lipinski definition) is 4. The van der Waals surface area contributed by atoms with E-state index < -0.39 is 5.60 Å². The van der Waals surface area contributed by atoms with Gasteiger partial charge in [0, 0.05) is 35.8 Å². The second kappa shape index (κ2) is 6.04. The monoisotopic (exact) mass is 332 g/mol. The zero-order valence-electron chi connectivity index (χ0n) is 12.9. The van der Waals surface area contributed by atoms with Gasteiger partial charge in [-0.25, -0.2) is 0 Å². The van der Waals surface area contributed by atoms with Crippen LogP contribution in [0, 0.1) is 0 Å². The number of nitrogens with zero attached hydrogens (tertiary/aromatic N) is 3. The Balaban J connectivity index is 1.72. The fraction of sp³-hybridized carbons (Fsp3) is 0.312. The van der Waals surface area contributed by atoms with Gasteiger partial charge in [0.15, 0.2) is 5.82 Å². The second-order valence-corrected chi connectivity index (χ2v) is 5.93. The molecular formula is C16H17ClN4O2. The maximum atomic E-state index is 12.5. The highest BCUT2D eigenvalue weighted by molar-refractivity contribution is 6.34.